The van der Waals surface area contributed by atoms with Gasteiger partial charge in [0.1, 0.15) is 0 Å². The third kappa shape index (κ3) is 6.23. The maximum atomic E-state index is 13.7. The van der Waals surface area contributed by atoms with E-state index in [0.717, 1.165) is 41.3 Å². The van der Waals surface area contributed by atoms with E-state index in [1.807, 2.05) is 65.6 Å². The first-order chi connectivity index (χ1) is 15.4. The predicted molar refractivity (Wildman–Crippen MR) is 136 cm³/mol. The Labute approximate surface area is 200 Å². The van der Waals surface area contributed by atoms with E-state index in [1.165, 1.54) is 0 Å². The molecule has 0 aromatic heterocycles. The zero-order valence-electron chi connectivity index (χ0n) is 18.7. The summed E-state index contributed by atoms with van der Waals surface area (Å²) in [7, 11) is 4.11. The van der Waals surface area contributed by atoms with Gasteiger partial charge in [-0.2, -0.15) is 0 Å². The largest absolute Gasteiger partial charge is 0.338 e. The standard InChI is InChI=1S/C26H31Cl2N3O/c1-30(2)16-13-21(20-11-12-24(27)25(28)17-20)18-31(15-6-14-29)26(32)23-10-5-8-19-7-3-4-9-22(19)23/h3-5,7-12,17,21H,6,13-16,18,29H2,1-2H3/t21-/m1/s1. The van der Waals surface area contributed by atoms with Crippen LogP contribution in [0, 0.1) is 0 Å². The van der Waals surface area contributed by atoms with Crippen LogP contribution in [0.3, 0.4) is 0 Å². The average molecular weight is 472 g/mol. The van der Waals surface area contributed by atoms with Gasteiger partial charge in [0, 0.05) is 24.6 Å². The van der Waals surface area contributed by atoms with Crippen molar-refractivity contribution >= 4 is 39.9 Å². The lowest BCUT2D eigenvalue weighted by Crippen LogP contribution is -2.37. The van der Waals surface area contributed by atoms with Crippen molar-refractivity contribution in [3.8, 4) is 0 Å². The molecule has 0 saturated heterocycles. The zero-order valence-corrected chi connectivity index (χ0v) is 20.2. The monoisotopic (exact) mass is 471 g/mol. The molecule has 0 fully saturated rings. The second kappa shape index (κ2) is 11.7. The summed E-state index contributed by atoms with van der Waals surface area (Å²) >= 11 is 12.5. The van der Waals surface area contributed by atoms with Gasteiger partial charge in [0.25, 0.3) is 5.91 Å². The van der Waals surface area contributed by atoms with E-state index in [0.29, 0.717) is 29.7 Å². The molecule has 3 aromatic carbocycles. The average Bonchev–Trinajstić information content (AvgIpc) is 2.79. The van der Waals surface area contributed by atoms with Gasteiger partial charge < -0.3 is 15.5 Å². The Morgan fingerprint density at radius 2 is 1.72 bits per heavy atom. The smallest absolute Gasteiger partial charge is 0.254 e. The van der Waals surface area contributed by atoms with Crippen molar-refractivity contribution in [2.75, 3.05) is 40.3 Å². The Bertz CT molecular complexity index is 1050. The van der Waals surface area contributed by atoms with E-state index in [9.17, 15) is 4.79 Å². The molecule has 1 amide bonds. The third-order valence-electron chi connectivity index (χ3n) is 5.72. The van der Waals surface area contributed by atoms with Crippen molar-refractivity contribution in [2.24, 2.45) is 5.73 Å². The van der Waals surface area contributed by atoms with Crippen LogP contribution in [0.4, 0.5) is 0 Å². The topological polar surface area (TPSA) is 49.6 Å². The first-order valence-corrected chi connectivity index (χ1v) is 11.7. The van der Waals surface area contributed by atoms with Crippen LogP contribution in [0.1, 0.15) is 34.7 Å². The first-order valence-electron chi connectivity index (χ1n) is 11.0. The molecular weight excluding hydrogens is 441 g/mol. The van der Waals surface area contributed by atoms with Gasteiger partial charge in [-0.15, -0.1) is 0 Å². The Morgan fingerprint density at radius 3 is 2.44 bits per heavy atom. The predicted octanol–water partition coefficient (Wildman–Crippen LogP) is 5.67. The van der Waals surface area contributed by atoms with Gasteiger partial charge in [-0.3, -0.25) is 4.79 Å². The third-order valence-corrected chi connectivity index (χ3v) is 6.46. The van der Waals surface area contributed by atoms with Gasteiger partial charge in [-0.05, 0) is 74.6 Å². The Morgan fingerprint density at radius 1 is 0.969 bits per heavy atom. The summed E-state index contributed by atoms with van der Waals surface area (Å²) in [5.74, 6) is 0.161. The number of carbonyl (C=O) groups excluding carboxylic acids is 1. The van der Waals surface area contributed by atoms with Crippen LogP contribution in [-0.2, 0) is 0 Å². The summed E-state index contributed by atoms with van der Waals surface area (Å²) in [4.78, 5) is 17.8. The fraction of sp³-hybridized carbons (Fsp3) is 0.346. The van der Waals surface area contributed by atoms with Crippen LogP contribution in [0.25, 0.3) is 10.8 Å². The van der Waals surface area contributed by atoms with Crippen LogP contribution in [0.15, 0.2) is 60.7 Å². The summed E-state index contributed by atoms with van der Waals surface area (Å²) < 4.78 is 0. The highest BCUT2D eigenvalue weighted by atomic mass is 35.5. The summed E-state index contributed by atoms with van der Waals surface area (Å²) in [5, 5.41) is 3.10. The van der Waals surface area contributed by atoms with Crippen molar-refractivity contribution in [3.63, 3.8) is 0 Å². The fourth-order valence-corrected chi connectivity index (χ4v) is 4.26. The molecule has 0 aliphatic carbocycles. The van der Waals surface area contributed by atoms with E-state index in [4.69, 9.17) is 28.9 Å². The zero-order chi connectivity index (χ0) is 23.1. The Balaban J connectivity index is 1.94. The summed E-state index contributed by atoms with van der Waals surface area (Å²) in [6.07, 6.45) is 1.64. The van der Waals surface area contributed by atoms with Gasteiger partial charge in [0.15, 0.2) is 0 Å². The van der Waals surface area contributed by atoms with Crippen molar-refractivity contribution in [2.45, 2.75) is 18.8 Å². The number of halogens is 2. The fourth-order valence-electron chi connectivity index (χ4n) is 3.95. The second-order valence-electron chi connectivity index (χ2n) is 8.38. The minimum atomic E-state index is 0.0326. The number of amides is 1. The van der Waals surface area contributed by atoms with E-state index in [1.54, 1.807) is 0 Å². The number of benzene rings is 3. The molecular formula is C26H31Cl2N3O. The Hall–Kier alpha value is -2.11. The lowest BCUT2D eigenvalue weighted by molar-refractivity contribution is 0.0742. The van der Waals surface area contributed by atoms with Crippen molar-refractivity contribution < 1.29 is 4.79 Å². The molecule has 0 heterocycles. The van der Waals surface area contributed by atoms with Crippen LogP contribution < -0.4 is 5.73 Å². The quantitative estimate of drug-likeness (QED) is 0.414. The molecule has 0 unspecified atom stereocenters. The maximum Gasteiger partial charge on any atom is 0.254 e. The Kier molecular flexibility index (Phi) is 8.94. The molecule has 0 radical (unpaired) electrons. The minimum Gasteiger partial charge on any atom is -0.338 e. The first kappa shape index (κ1) is 24.5. The molecule has 0 saturated carbocycles. The SMILES string of the molecule is CN(C)CC[C@H](CN(CCCN)C(=O)c1cccc2ccccc12)c1ccc(Cl)c(Cl)c1. The lowest BCUT2D eigenvalue weighted by atomic mass is 9.94. The van der Waals surface area contributed by atoms with E-state index >= 15 is 0 Å². The molecule has 0 aliphatic rings. The summed E-state index contributed by atoms with van der Waals surface area (Å²) in [5.41, 5.74) is 7.62. The molecule has 0 bridgehead atoms. The summed E-state index contributed by atoms with van der Waals surface area (Å²) in [6, 6.07) is 19.7. The number of hydrogen-bond acceptors (Lipinski definition) is 3. The van der Waals surface area contributed by atoms with Gasteiger partial charge in [0.2, 0.25) is 0 Å². The molecule has 170 valence electrons. The number of hydrogen-bond donors (Lipinski definition) is 1. The van der Waals surface area contributed by atoms with Gasteiger partial charge in [0.05, 0.1) is 10.0 Å². The van der Waals surface area contributed by atoms with E-state index < -0.39 is 0 Å². The molecule has 6 heteroatoms. The molecule has 4 nitrogen and oxygen atoms in total. The maximum absolute atomic E-state index is 13.7. The second-order valence-corrected chi connectivity index (χ2v) is 9.20. The van der Waals surface area contributed by atoms with Crippen molar-refractivity contribution in [1.82, 2.24) is 9.80 Å². The van der Waals surface area contributed by atoms with Crippen LogP contribution >= 0.6 is 23.2 Å². The molecule has 3 rings (SSSR count). The highest BCUT2D eigenvalue weighted by Crippen LogP contribution is 2.30. The van der Waals surface area contributed by atoms with Crippen LogP contribution in [0.2, 0.25) is 10.0 Å². The van der Waals surface area contributed by atoms with E-state index in [-0.39, 0.29) is 11.8 Å². The number of nitrogens with two attached hydrogens (primary N) is 1. The molecule has 0 aliphatic heterocycles. The molecule has 3 aromatic rings. The van der Waals surface area contributed by atoms with Gasteiger partial charge in [-0.25, -0.2) is 0 Å². The summed E-state index contributed by atoms with van der Waals surface area (Å²) in [6.45, 7) is 2.64. The molecule has 32 heavy (non-hydrogen) atoms. The van der Waals surface area contributed by atoms with Crippen LogP contribution in [-0.4, -0.2) is 56.0 Å². The molecule has 1 atom stereocenters. The van der Waals surface area contributed by atoms with Gasteiger partial charge >= 0.3 is 0 Å². The normalized spacial score (nSPS) is 12.3. The van der Waals surface area contributed by atoms with Gasteiger partial charge in [-0.1, -0.05) is 65.7 Å². The lowest BCUT2D eigenvalue weighted by Gasteiger charge is -2.29. The van der Waals surface area contributed by atoms with Crippen molar-refractivity contribution in [3.05, 3.63) is 81.8 Å². The number of carbonyl (C=O) groups is 1. The molecule has 0 spiro atoms. The highest BCUT2D eigenvalue weighted by molar-refractivity contribution is 6.42. The highest BCUT2D eigenvalue weighted by Gasteiger charge is 2.23. The minimum absolute atomic E-state index is 0.0326. The number of rotatable bonds is 10. The number of nitrogens with zero attached hydrogens (tertiary/aromatic N) is 2. The van der Waals surface area contributed by atoms with Crippen LogP contribution in [0.5, 0.6) is 0 Å². The molecule has 2 N–H and O–H groups in total. The van der Waals surface area contributed by atoms with Crippen molar-refractivity contribution in [1.29, 1.82) is 0 Å². The number of fused-ring (bicyclic) bond motifs is 1. The van der Waals surface area contributed by atoms with E-state index in [2.05, 4.69) is 19.0 Å².